The summed E-state index contributed by atoms with van der Waals surface area (Å²) < 4.78 is 38.8. The Morgan fingerprint density at radius 1 is 1.38 bits per heavy atom. The smallest absolute Gasteiger partial charge is 0.416 e. The van der Waals surface area contributed by atoms with Gasteiger partial charge in [-0.1, -0.05) is 19.4 Å². The molecule has 1 rings (SSSR count). The number of hydrogen-bond donors (Lipinski definition) is 2. The van der Waals surface area contributed by atoms with Crippen LogP contribution in [0.3, 0.4) is 0 Å². The summed E-state index contributed by atoms with van der Waals surface area (Å²) >= 11 is 0. The van der Waals surface area contributed by atoms with Crippen molar-refractivity contribution in [1.29, 1.82) is 0 Å². The van der Waals surface area contributed by atoms with Crippen molar-refractivity contribution in [1.82, 2.24) is 0 Å². The van der Waals surface area contributed by atoms with Crippen LogP contribution in [0.15, 0.2) is 12.1 Å². The van der Waals surface area contributed by atoms with Crippen LogP contribution in [0.4, 0.5) is 13.2 Å². The van der Waals surface area contributed by atoms with Gasteiger partial charge in [0, 0.05) is 6.54 Å². The fraction of sp³-hybridized carbons (Fsp3) is 0.533. The maximum Gasteiger partial charge on any atom is 0.416 e. The second-order valence-corrected chi connectivity index (χ2v) is 5.15. The molecular formula is C15H20F3NO2. The van der Waals surface area contributed by atoms with Crippen LogP contribution >= 0.6 is 0 Å². The van der Waals surface area contributed by atoms with E-state index in [0.717, 1.165) is 12.5 Å². The number of aliphatic carboxylic acids is 1. The molecule has 0 aromatic heterocycles. The summed E-state index contributed by atoms with van der Waals surface area (Å²) in [5.41, 5.74) is 5.94. The Bertz CT molecular complexity index is 512. The predicted molar refractivity (Wildman–Crippen MR) is 74.0 cm³/mol. The third-order valence-electron chi connectivity index (χ3n) is 3.51. The highest BCUT2D eigenvalue weighted by Crippen LogP contribution is 2.36. The lowest BCUT2D eigenvalue weighted by Crippen LogP contribution is -2.15. The number of alkyl halides is 3. The molecule has 0 heterocycles. The number of carboxylic acid groups (broad SMARTS) is 1. The Balaban J connectivity index is 3.34. The summed E-state index contributed by atoms with van der Waals surface area (Å²) in [6, 6.07) is 2.49. The van der Waals surface area contributed by atoms with Gasteiger partial charge in [0.1, 0.15) is 0 Å². The molecule has 3 N–H and O–H groups in total. The Labute approximate surface area is 122 Å². The highest BCUT2D eigenvalue weighted by Gasteiger charge is 2.33. The van der Waals surface area contributed by atoms with E-state index in [1.165, 1.54) is 13.0 Å². The zero-order valence-electron chi connectivity index (χ0n) is 12.1. The van der Waals surface area contributed by atoms with Crippen molar-refractivity contribution >= 4 is 5.97 Å². The maximum absolute atomic E-state index is 12.9. The number of carboxylic acids is 1. The molecule has 0 saturated heterocycles. The van der Waals surface area contributed by atoms with E-state index in [2.05, 4.69) is 0 Å². The van der Waals surface area contributed by atoms with E-state index in [0.29, 0.717) is 17.5 Å². The van der Waals surface area contributed by atoms with Crippen molar-refractivity contribution in [3.8, 4) is 0 Å². The Morgan fingerprint density at radius 2 is 2.00 bits per heavy atom. The minimum atomic E-state index is -4.43. The van der Waals surface area contributed by atoms with E-state index in [9.17, 15) is 18.0 Å². The fourth-order valence-corrected chi connectivity index (χ4v) is 2.56. The molecular weight excluding hydrogens is 283 g/mol. The van der Waals surface area contributed by atoms with Crippen LogP contribution in [0, 0.1) is 6.92 Å². The van der Waals surface area contributed by atoms with Gasteiger partial charge in [-0.15, -0.1) is 0 Å². The first-order chi connectivity index (χ1) is 9.70. The molecule has 0 amide bonds. The number of hydrogen-bond acceptors (Lipinski definition) is 2. The number of benzene rings is 1. The van der Waals surface area contributed by atoms with Gasteiger partial charge in [0.2, 0.25) is 0 Å². The fourth-order valence-electron chi connectivity index (χ4n) is 2.56. The van der Waals surface area contributed by atoms with Gasteiger partial charge >= 0.3 is 12.1 Å². The molecule has 1 aromatic carbocycles. The molecule has 0 radical (unpaired) electrons. The van der Waals surface area contributed by atoms with Gasteiger partial charge in [0.25, 0.3) is 0 Å². The van der Waals surface area contributed by atoms with Crippen LogP contribution in [0.5, 0.6) is 0 Å². The first-order valence-electron chi connectivity index (χ1n) is 6.83. The summed E-state index contributed by atoms with van der Waals surface area (Å²) in [5.74, 6) is -1.28. The van der Waals surface area contributed by atoms with Crippen LogP contribution in [0.1, 0.15) is 54.4 Å². The maximum atomic E-state index is 12.9. The number of rotatable bonds is 6. The average Bonchev–Trinajstić information content (AvgIpc) is 2.36. The van der Waals surface area contributed by atoms with E-state index in [1.807, 2.05) is 6.92 Å². The largest absolute Gasteiger partial charge is 0.481 e. The quantitative estimate of drug-likeness (QED) is 0.839. The Kier molecular flexibility index (Phi) is 5.78. The van der Waals surface area contributed by atoms with Crippen LogP contribution in [0.2, 0.25) is 0 Å². The lowest BCUT2D eigenvalue weighted by molar-refractivity contribution is -0.139. The molecule has 0 aliphatic rings. The molecule has 118 valence electrons. The van der Waals surface area contributed by atoms with Crippen molar-refractivity contribution in [3.05, 3.63) is 34.4 Å². The second-order valence-electron chi connectivity index (χ2n) is 5.15. The zero-order valence-corrected chi connectivity index (χ0v) is 12.1. The summed E-state index contributed by atoms with van der Waals surface area (Å²) in [6.07, 6.45) is -3.18. The van der Waals surface area contributed by atoms with E-state index < -0.39 is 17.7 Å². The van der Waals surface area contributed by atoms with Gasteiger partial charge in [0.15, 0.2) is 0 Å². The van der Waals surface area contributed by atoms with Crippen LogP contribution in [-0.4, -0.2) is 11.1 Å². The van der Waals surface area contributed by atoms with Gasteiger partial charge in [-0.25, -0.2) is 0 Å². The summed E-state index contributed by atoms with van der Waals surface area (Å²) in [7, 11) is 0. The van der Waals surface area contributed by atoms with Crippen LogP contribution in [0.25, 0.3) is 0 Å². The lowest BCUT2D eigenvalue weighted by atomic mass is 9.85. The molecule has 1 aromatic rings. The van der Waals surface area contributed by atoms with E-state index in [4.69, 9.17) is 10.8 Å². The minimum absolute atomic E-state index is 0.0431. The third-order valence-corrected chi connectivity index (χ3v) is 3.51. The average molecular weight is 303 g/mol. The molecule has 0 bridgehead atoms. The molecule has 21 heavy (non-hydrogen) atoms. The molecule has 0 aliphatic heterocycles. The number of aryl methyl sites for hydroxylation is 1. The highest BCUT2D eigenvalue weighted by atomic mass is 19.4. The number of halogens is 3. The summed E-state index contributed by atoms with van der Waals surface area (Å²) in [6.45, 7) is 3.25. The topological polar surface area (TPSA) is 63.3 Å². The Hall–Kier alpha value is -1.56. The normalized spacial score (nSPS) is 13.2. The monoisotopic (exact) mass is 303 g/mol. The van der Waals surface area contributed by atoms with Gasteiger partial charge in [0.05, 0.1) is 12.0 Å². The first-order valence-corrected chi connectivity index (χ1v) is 6.83. The molecule has 0 saturated carbocycles. The molecule has 6 heteroatoms. The molecule has 0 spiro atoms. The Morgan fingerprint density at radius 3 is 2.43 bits per heavy atom. The SMILES string of the molecule is CCCC(CC(=O)O)c1cc(C)c(C(F)(F)F)cc1CN. The molecule has 0 fully saturated rings. The van der Waals surface area contributed by atoms with Crippen molar-refractivity contribution in [2.45, 2.75) is 51.7 Å². The van der Waals surface area contributed by atoms with Crippen molar-refractivity contribution in [2.24, 2.45) is 5.73 Å². The zero-order chi connectivity index (χ0) is 16.2. The van der Waals surface area contributed by atoms with Gasteiger partial charge in [-0.3, -0.25) is 4.79 Å². The predicted octanol–water partition coefficient (Wildman–Crippen LogP) is 3.83. The summed E-state index contributed by atoms with van der Waals surface area (Å²) in [4.78, 5) is 11.0. The second kappa shape index (κ2) is 6.93. The van der Waals surface area contributed by atoms with Gasteiger partial charge < -0.3 is 10.8 Å². The summed E-state index contributed by atoms with van der Waals surface area (Å²) in [5, 5.41) is 8.98. The molecule has 1 atom stereocenters. The van der Waals surface area contributed by atoms with E-state index >= 15 is 0 Å². The standard InChI is InChI=1S/C15H20F3NO2/c1-3-4-10(7-14(20)21)12-5-9(2)13(15(16,17)18)6-11(12)8-19/h5-6,10H,3-4,7-8,19H2,1-2H3,(H,20,21). The number of nitrogens with two attached hydrogens (primary N) is 1. The minimum Gasteiger partial charge on any atom is -0.481 e. The first kappa shape index (κ1) is 17.5. The van der Waals surface area contributed by atoms with Crippen LogP contribution in [-0.2, 0) is 17.5 Å². The van der Waals surface area contributed by atoms with Crippen molar-refractivity contribution < 1.29 is 23.1 Å². The van der Waals surface area contributed by atoms with Crippen molar-refractivity contribution in [2.75, 3.05) is 0 Å². The van der Waals surface area contributed by atoms with E-state index in [-0.39, 0.29) is 24.4 Å². The molecule has 3 nitrogen and oxygen atoms in total. The lowest BCUT2D eigenvalue weighted by Gasteiger charge is -2.21. The third kappa shape index (κ3) is 4.46. The van der Waals surface area contributed by atoms with Crippen LogP contribution < -0.4 is 5.73 Å². The van der Waals surface area contributed by atoms with Gasteiger partial charge in [-0.05, 0) is 42.0 Å². The van der Waals surface area contributed by atoms with Crippen molar-refractivity contribution in [3.63, 3.8) is 0 Å². The number of carbonyl (C=O) groups is 1. The molecule has 0 aliphatic carbocycles. The molecule has 1 unspecified atom stereocenters. The van der Waals surface area contributed by atoms with E-state index in [1.54, 1.807) is 0 Å². The van der Waals surface area contributed by atoms with Gasteiger partial charge in [-0.2, -0.15) is 13.2 Å². The highest BCUT2D eigenvalue weighted by molar-refractivity contribution is 5.68.